The molecule has 0 fully saturated rings. The van der Waals surface area contributed by atoms with Gasteiger partial charge in [0.15, 0.2) is 11.6 Å². The number of benzene rings is 1. The highest BCUT2D eigenvalue weighted by atomic mass is 31.2. The number of hydrogen-bond acceptors (Lipinski definition) is 4. The van der Waals surface area contributed by atoms with Crippen LogP contribution in [0.5, 0.6) is 5.75 Å². The molecule has 8 heteroatoms. The minimum Gasteiger partial charge on any atom is -0.398 e. The summed E-state index contributed by atoms with van der Waals surface area (Å²) in [7, 11) is -5.02. The lowest BCUT2D eigenvalue weighted by atomic mass is 10.2. The molecule has 0 aromatic heterocycles. The standard InChI is InChI=1S/C7H6F3O4P/c1-5-2-3-7(6(8)4-5)12-15(11,13-9)14-10/h2-4H,1H3. The molecule has 1 aromatic carbocycles. The predicted molar refractivity (Wildman–Crippen MR) is 43.8 cm³/mol. The molecule has 0 N–H and O–H groups in total. The molecular weight excluding hydrogens is 236 g/mol. The molecule has 0 atom stereocenters. The second-order valence-electron chi connectivity index (χ2n) is 2.61. The van der Waals surface area contributed by atoms with Crippen LogP contribution in [0.25, 0.3) is 0 Å². The molecule has 0 saturated heterocycles. The Bertz CT molecular complexity index is 390. The molecule has 0 bridgehead atoms. The average molecular weight is 242 g/mol. The maximum atomic E-state index is 13.1. The zero-order valence-electron chi connectivity index (χ0n) is 7.45. The van der Waals surface area contributed by atoms with E-state index in [0.29, 0.717) is 5.56 Å². The van der Waals surface area contributed by atoms with Crippen LogP contribution >= 0.6 is 7.82 Å². The van der Waals surface area contributed by atoms with Gasteiger partial charge in [-0.2, -0.15) is 0 Å². The third kappa shape index (κ3) is 2.95. The molecule has 0 spiro atoms. The Kier molecular flexibility index (Phi) is 3.73. The van der Waals surface area contributed by atoms with Crippen LogP contribution in [-0.2, 0) is 14.0 Å². The lowest BCUT2D eigenvalue weighted by Gasteiger charge is -2.09. The van der Waals surface area contributed by atoms with Gasteiger partial charge in [0.1, 0.15) is 0 Å². The number of rotatable bonds is 4. The fraction of sp³-hybridized carbons (Fsp3) is 0.143. The third-order valence-electron chi connectivity index (χ3n) is 1.47. The molecule has 0 saturated carbocycles. The summed E-state index contributed by atoms with van der Waals surface area (Å²) in [6, 6.07) is 3.45. The zero-order chi connectivity index (χ0) is 11.5. The van der Waals surface area contributed by atoms with E-state index in [9.17, 15) is 18.0 Å². The Labute approximate surface area is 83.0 Å². The van der Waals surface area contributed by atoms with Gasteiger partial charge in [-0.25, -0.2) is 8.96 Å². The van der Waals surface area contributed by atoms with Crippen molar-refractivity contribution in [3.05, 3.63) is 29.6 Å². The van der Waals surface area contributed by atoms with Gasteiger partial charge in [0, 0.05) is 0 Å². The quantitative estimate of drug-likeness (QED) is 0.758. The van der Waals surface area contributed by atoms with Gasteiger partial charge in [0.05, 0.1) is 0 Å². The van der Waals surface area contributed by atoms with Crippen LogP contribution in [-0.4, -0.2) is 0 Å². The SMILES string of the molecule is Cc1ccc(OP(=O)(OF)OF)c(F)c1. The average Bonchev–Trinajstić information content (AvgIpc) is 2.22. The van der Waals surface area contributed by atoms with Crippen molar-refractivity contribution in [2.45, 2.75) is 6.92 Å². The lowest BCUT2D eigenvalue weighted by molar-refractivity contribution is -0.107. The molecular formula is C7H6F3O4P. The summed E-state index contributed by atoms with van der Waals surface area (Å²) in [6.07, 6.45) is 0. The van der Waals surface area contributed by atoms with Gasteiger partial charge in [-0.1, -0.05) is 15.5 Å². The van der Waals surface area contributed by atoms with Crippen LogP contribution < -0.4 is 4.52 Å². The first-order valence-electron chi connectivity index (χ1n) is 3.67. The summed E-state index contributed by atoms with van der Waals surface area (Å²) in [5.74, 6) is -1.58. The second-order valence-corrected chi connectivity index (χ2v) is 3.96. The van der Waals surface area contributed by atoms with Crippen molar-refractivity contribution in [2.24, 2.45) is 0 Å². The van der Waals surface area contributed by atoms with E-state index in [1.807, 2.05) is 0 Å². The van der Waals surface area contributed by atoms with E-state index in [0.717, 1.165) is 12.1 Å². The first-order chi connectivity index (χ1) is 7.00. The fourth-order valence-corrected chi connectivity index (χ4v) is 1.31. The van der Waals surface area contributed by atoms with Crippen molar-refractivity contribution < 1.29 is 32.0 Å². The van der Waals surface area contributed by atoms with Crippen molar-refractivity contribution in [3.8, 4) is 5.75 Å². The smallest absolute Gasteiger partial charge is 0.398 e. The largest absolute Gasteiger partial charge is 0.593 e. The number of phosphoric acid groups is 1. The molecule has 0 aliphatic heterocycles. The molecule has 1 aromatic rings. The summed E-state index contributed by atoms with van der Waals surface area (Å²) < 4.78 is 56.3. The van der Waals surface area contributed by atoms with E-state index < -0.39 is 19.4 Å². The molecule has 0 heterocycles. The van der Waals surface area contributed by atoms with Crippen molar-refractivity contribution in [3.63, 3.8) is 0 Å². The van der Waals surface area contributed by atoms with Crippen LogP contribution in [0.4, 0.5) is 13.4 Å². The Hall–Kier alpha value is -1.04. The molecule has 4 nitrogen and oxygen atoms in total. The molecule has 0 aliphatic carbocycles. The monoisotopic (exact) mass is 242 g/mol. The van der Waals surface area contributed by atoms with Gasteiger partial charge in [0.25, 0.3) is 0 Å². The summed E-state index contributed by atoms with van der Waals surface area (Å²) in [5.41, 5.74) is 0.553. The Morgan fingerprint density at radius 1 is 1.27 bits per heavy atom. The predicted octanol–water partition coefficient (Wildman–Crippen LogP) is 3.42. The Balaban J connectivity index is 2.94. The molecule has 0 aliphatic rings. The van der Waals surface area contributed by atoms with E-state index in [2.05, 4.69) is 14.0 Å². The number of halogens is 3. The van der Waals surface area contributed by atoms with Gasteiger partial charge in [-0.15, -0.1) is 0 Å². The highest BCUT2D eigenvalue weighted by Crippen LogP contribution is 2.50. The fourth-order valence-electron chi connectivity index (χ4n) is 0.839. The molecule has 84 valence electrons. The van der Waals surface area contributed by atoms with Gasteiger partial charge in [-0.05, 0) is 33.7 Å². The summed E-state index contributed by atoms with van der Waals surface area (Å²) in [5, 5.41) is 0. The molecule has 0 amide bonds. The highest BCUT2D eigenvalue weighted by Gasteiger charge is 2.32. The third-order valence-corrected chi connectivity index (χ3v) is 2.22. The minimum absolute atomic E-state index is 0.553. The van der Waals surface area contributed by atoms with E-state index >= 15 is 0 Å². The topological polar surface area (TPSA) is 44.8 Å². The van der Waals surface area contributed by atoms with Gasteiger partial charge in [0.2, 0.25) is 0 Å². The van der Waals surface area contributed by atoms with Crippen molar-refractivity contribution in [1.29, 1.82) is 0 Å². The summed E-state index contributed by atoms with van der Waals surface area (Å²) in [6.45, 7) is 1.59. The first-order valence-corrected chi connectivity index (χ1v) is 5.13. The highest BCUT2D eigenvalue weighted by molar-refractivity contribution is 7.48. The van der Waals surface area contributed by atoms with Gasteiger partial charge < -0.3 is 4.52 Å². The summed E-state index contributed by atoms with van der Waals surface area (Å²) >= 11 is 0. The van der Waals surface area contributed by atoms with Crippen LogP contribution in [0.3, 0.4) is 0 Å². The minimum atomic E-state index is -5.02. The number of aryl methyl sites for hydroxylation is 1. The Morgan fingerprint density at radius 3 is 2.33 bits per heavy atom. The van der Waals surface area contributed by atoms with Crippen LogP contribution in [0, 0.1) is 12.7 Å². The van der Waals surface area contributed by atoms with Crippen LogP contribution in [0.1, 0.15) is 5.56 Å². The van der Waals surface area contributed by atoms with Gasteiger partial charge in [-0.3, -0.25) is 0 Å². The first kappa shape index (κ1) is 12.0. The number of hydrogen-bond donors (Lipinski definition) is 0. The van der Waals surface area contributed by atoms with Crippen molar-refractivity contribution in [1.82, 2.24) is 0 Å². The maximum Gasteiger partial charge on any atom is 0.593 e. The molecule has 1 rings (SSSR count). The molecule has 0 radical (unpaired) electrons. The van der Waals surface area contributed by atoms with Gasteiger partial charge >= 0.3 is 7.82 Å². The second kappa shape index (κ2) is 4.65. The molecule has 15 heavy (non-hydrogen) atoms. The van der Waals surface area contributed by atoms with Crippen LogP contribution in [0.15, 0.2) is 18.2 Å². The van der Waals surface area contributed by atoms with Crippen molar-refractivity contribution in [2.75, 3.05) is 0 Å². The maximum absolute atomic E-state index is 13.1. The van der Waals surface area contributed by atoms with E-state index in [4.69, 9.17) is 0 Å². The zero-order valence-corrected chi connectivity index (χ0v) is 8.34. The van der Waals surface area contributed by atoms with Crippen LogP contribution in [0.2, 0.25) is 0 Å². The normalized spacial score (nSPS) is 11.5. The molecule has 0 unspecified atom stereocenters. The van der Waals surface area contributed by atoms with E-state index in [1.165, 1.54) is 6.07 Å². The Morgan fingerprint density at radius 2 is 1.87 bits per heavy atom. The lowest BCUT2D eigenvalue weighted by Crippen LogP contribution is -1.96. The van der Waals surface area contributed by atoms with E-state index in [1.54, 1.807) is 6.92 Å². The summed E-state index contributed by atoms with van der Waals surface area (Å²) in [4.78, 5) is 0. The van der Waals surface area contributed by atoms with E-state index in [-0.39, 0.29) is 0 Å². The van der Waals surface area contributed by atoms with Crippen molar-refractivity contribution >= 4 is 7.82 Å².